The molecule has 0 aliphatic rings. The third-order valence-electron chi connectivity index (χ3n) is 3.46. The SMILES string of the molecule is FC(F)(F)COc1nc(Nc2cccc(C(F)(F)F)c2)nc(-c2ccccc2)n1. The van der Waals surface area contributed by atoms with E-state index in [0.717, 1.165) is 12.1 Å². The van der Waals surface area contributed by atoms with Gasteiger partial charge < -0.3 is 10.1 Å². The van der Waals surface area contributed by atoms with Gasteiger partial charge in [0, 0.05) is 11.3 Å². The van der Waals surface area contributed by atoms with Gasteiger partial charge in [-0.05, 0) is 18.2 Å². The molecule has 152 valence electrons. The van der Waals surface area contributed by atoms with Crippen LogP contribution >= 0.6 is 0 Å². The molecule has 29 heavy (non-hydrogen) atoms. The fourth-order valence-corrected chi connectivity index (χ4v) is 2.24. The molecule has 1 heterocycles. The van der Waals surface area contributed by atoms with Gasteiger partial charge in [0.2, 0.25) is 5.95 Å². The van der Waals surface area contributed by atoms with Crippen molar-refractivity contribution >= 4 is 11.6 Å². The van der Waals surface area contributed by atoms with Crippen LogP contribution in [0.25, 0.3) is 11.4 Å². The lowest BCUT2D eigenvalue weighted by atomic mass is 10.2. The minimum absolute atomic E-state index is 0.00718. The second-order valence-corrected chi connectivity index (χ2v) is 5.74. The maximum Gasteiger partial charge on any atom is 0.422 e. The second kappa shape index (κ2) is 7.94. The quantitative estimate of drug-likeness (QED) is 0.579. The van der Waals surface area contributed by atoms with Crippen LogP contribution in [0.4, 0.5) is 38.0 Å². The van der Waals surface area contributed by atoms with Crippen molar-refractivity contribution in [2.75, 3.05) is 11.9 Å². The van der Waals surface area contributed by atoms with Gasteiger partial charge in [-0.25, -0.2) is 0 Å². The highest BCUT2D eigenvalue weighted by molar-refractivity contribution is 5.60. The summed E-state index contributed by atoms with van der Waals surface area (Å²) < 4.78 is 80.6. The molecular formula is C18H12F6N4O. The molecule has 0 spiro atoms. The Kier molecular flexibility index (Phi) is 5.57. The number of hydrogen-bond donors (Lipinski definition) is 1. The highest BCUT2D eigenvalue weighted by Crippen LogP contribution is 2.31. The number of alkyl halides is 6. The van der Waals surface area contributed by atoms with E-state index < -0.39 is 30.5 Å². The fourth-order valence-electron chi connectivity index (χ4n) is 2.24. The van der Waals surface area contributed by atoms with Crippen molar-refractivity contribution in [3.63, 3.8) is 0 Å². The van der Waals surface area contributed by atoms with Crippen LogP contribution in [-0.2, 0) is 6.18 Å². The van der Waals surface area contributed by atoms with Crippen molar-refractivity contribution < 1.29 is 31.1 Å². The number of nitrogens with one attached hydrogen (secondary N) is 1. The van der Waals surface area contributed by atoms with E-state index in [1.807, 2.05) is 0 Å². The van der Waals surface area contributed by atoms with Crippen molar-refractivity contribution in [2.45, 2.75) is 12.4 Å². The Bertz CT molecular complexity index is 976. The Labute approximate surface area is 160 Å². The normalized spacial score (nSPS) is 11.9. The number of aromatic nitrogens is 3. The molecule has 0 atom stereocenters. The van der Waals surface area contributed by atoms with E-state index in [9.17, 15) is 26.3 Å². The van der Waals surface area contributed by atoms with Crippen LogP contribution in [-0.4, -0.2) is 27.7 Å². The minimum atomic E-state index is -4.62. The predicted octanol–water partition coefficient (Wildman–Crippen LogP) is 5.24. The summed E-state index contributed by atoms with van der Waals surface area (Å²) in [4.78, 5) is 11.6. The first-order valence-corrected chi connectivity index (χ1v) is 8.05. The highest BCUT2D eigenvalue weighted by Gasteiger charge is 2.31. The Balaban J connectivity index is 1.95. The molecule has 0 saturated carbocycles. The summed E-state index contributed by atoms with van der Waals surface area (Å²) in [5, 5.41) is 2.54. The van der Waals surface area contributed by atoms with E-state index in [1.54, 1.807) is 30.3 Å². The molecule has 0 bridgehead atoms. The molecule has 0 radical (unpaired) electrons. The molecular weight excluding hydrogens is 402 g/mol. The molecule has 0 amide bonds. The van der Waals surface area contributed by atoms with Crippen molar-refractivity contribution in [3.8, 4) is 17.4 Å². The zero-order chi connectivity index (χ0) is 21.1. The summed E-state index contributed by atoms with van der Waals surface area (Å²) in [7, 11) is 0. The smallest absolute Gasteiger partial charge is 0.422 e. The van der Waals surface area contributed by atoms with E-state index >= 15 is 0 Å². The van der Waals surface area contributed by atoms with Crippen LogP contribution < -0.4 is 10.1 Å². The van der Waals surface area contributed by atoms with E-state index in [1.165, 1.54) is 12.1 Å². The highest BCUT2D eigenvalue weighted by atomic mass is 19.4. The van der Waals surface area contributed by atoms with Gasteiger partial charge in [0.1, 0.15) is 0 Å². The lowest BCUT2D eigenvalue weighted by Crippen LogP contribution is -2.20. The van der Waals surface area contributed by atoms with Gasteiger partial charge in [-0.2, -0.15) is 41.3 Å². The van der Waals surface area contributed by atoms with Crippen molar-refractivity contribution in [1.82, 2.24) is 15.0 Å². The molecule has 2 aromatic carbocycles. The van der Waals surface area contributed by atoms with Crippen LogP contribution in [0, 0.1) is 0 Å². The average molecular weight is 414 g/mol. The van der Waals surface area contributed by atoms with Gasteiger partial charge in [0.15, 0.2) is 12.4 Å². The molecule has 3 aromatic rings. The van der Waals surface area contributed by atoms with E-state index in [0.29, 0.717) is 5.56 Å². The standard InChI is InChI=1S/C18H12F6N4O/c19-17(20,21)10-29-16-27-14(11-5-2-1-3-6-11)26-15(28-16)25-13-8-4-7-12(9-13)18(22,23)24/h1-9H,10H2,(H,25,26,27,28). The number of anilines is 2. The summed E-state index contributed by atoms with van der Waals surface area (Å²) in [6.07, 6.45) is -9.18. The van der Waals surface area contributed by atoms with Crippen LogP contribution in [0.15, 0.2) is 54.6 Å². The summed E-state index contributed by atoms with van der Waals surface area (Å²) in [5.74, 6) is -0.275. The number of benzene rings is 2. The van der Waals surface area contributed by atoms with Gasteiger partial charge in [-0.15, -0.1) is 0 Å². The first-order chi connectivity index (χ1) is 13.6. The zero-order valence-electron chi connectivity index (χ0n) is 14.4. The zero-order valence-corrected chi connectivity index (χ0v) is 14.4. The van der Waals surface area contributed by atoms with Gasteiger partial charge in [0.05, 0.1) is 5.56 Å². The molecule has 3 rings (SSSR count). The summed E-state index contributed by atoms with van der Waals surface area (Å²) >= 11 is 0. The minimum Gasteiger partial charge on any atom is -0.454 e. The maximum absolute atomic E-state index is 12.9. The molecule has 1 aromatic heterocycles. The van der Waals surface area contributed by atoms with Crippen molar-refractivity contribution in [2.24, 2.45) is 0 Å². The molecule has 11 heteroatoms. The maximum atomic E-state index is 12.9. The third-order valence-corrected chi connectivity index (χ3v) is 3.46. The number of hydrogen-bond acceptors (Lipinski definition) is 5. The second-order valence-electron chi connectivity index (χ2n) is 5.74. The number of halogens is 6. The third kappa shape index (κ3) is 5.80. The summed E-state index contributed by atoms with van der Waals surface area (Å²) in [6.45, 7) is -1.63. The van der Waals surface area contributed by atoms with Crippen LogP contribution in [0.3, 0.4) is 0 Å². The number of rotatable bonds is 5. The monoisotopic (exact) mass is 414 g/mol. The van der Waals surface area contributed by atoms with Gasteiger partial charge >= 0.3 is 18.4 Å². The molecule has 0 unspecified atom stereocenters. The Morgan fingerprint density at radius 3 is 2.21 bits per heavy atom. The first-order valence-electron chi connectivity index (χ1n) is 8.05. The van der Waals surface area contributed by atoms with Gasteiger partial charge in [0.25, 0.3) is 0 Å². The lowest BCUT2D eigenvalue weighted by molar-refractivity contribution is -0.154. The molecule has 0 saturated heterocycles. The Morgan fingerprint density at radius 2 is 1.55 bits per heavy atom. The first kappa shape index (κ1) is 20.4. The van der Waals surface area contributed by atoms with Crippen molar-refractivity contribution in [3.05, 3.63) is 60.2 Å². The summed E-state index contributed by atoms with van der Waals surface area (Å²) in [5.41, 5.74) is -0.459. The topological polar surface area (TPSA) is 59.9 Å². The van der Waals surface area contributed by atoms with Gasteiger partial charge in [-0.3, -0.25) is 0 Å². The van der Waals surface area contributed by atoms with Crippen LogP contribution in [0.2, 0.25) is 0 Å². The lowest BCUT2D eigenvalue weighted by Gasteiger charge is -2.12. The largest absolute Gasteiger partial charge is 0.454 e. The van der Waals surface area contributed by atoms with E-state index in [2.05, 4.69) is 25.0 Å². The number of nitrogens with zero attached hydrogens (tertiary/aromatic N) is 3. The van der Waals surface area contributed by atoms with Crippen molar-refractivity contribution in [1.29, 1.82) is 0 Å². The molecule has 0 aliphatic carbocycles. The molecule has 0 fully saturated rings. The molecule has 5 nitrogen and oxygen atoms in total. The predicted molar refractivity (Wildman–Crippen MR) is 91.5 cm³/mol. The average Bonchev–Trinajstić information content (AvgIpc) is 2.66. The van der Waals surface area contributed by atoms with Gasteiger partial charge in [-0.1, -0.05) is 36.4 Å². The van der Waals surface area contributed by atoms with E-state index in [4.69, 9.17) is 0 Å². The fraction of sp³-hybridized carbons (Fsp3) is 0.167. The van der Waals surface area contributed by atoms with Crippen LogP contribution in [0.5, 0.6) is 6.01 Å². The Morgan fingerprint density at radius 1 is 0.828 bits per heavy atom. The summed E-state index contributed by atoms with van der Waals surface area (Å²) in [6, 6.07) is 11.8. The van der Waals surface area contributed by atoms with E-state index in [-0.39, 0.29) is 17.5 Å². The van der Waals surface area contributed by atoms with Crippen LogP contribution in [0.1, 0.15) is 5.56 Å². The number of ether oxygens (including phenoxy) is 1. The molecule has 1 N–H and O–H groups in total. The molecule has 0 aliphatic heterocycles. The Hall–Kier alpha value is -3.37.